The van der Waals surface area contributed by atoms with Gasteiger partial charge < -0.3 is 10.2 Å². The van der Waals surface area contributed by atoms with Crippen molar-refractivity contribution in [3.8, 4) is 0 Å². The molecule has 62 valence electrons. The van der Waals surface area contributed by atoms with Crippen LogP contribution in [0.4, 0.5) is 5.69 Å². The second-order valence-electron chi connectivity index (χ2n) is 2.54. The Labute approximate surface area is 70.7 Å². The largest absolute Gasteiger partial charge is 0.358 e. The minimum atomic E-state index is -0.160. The predicted molar refractivity (Wildman–Crippen MR) is 47.0 cm³/mol. The van der Waals surface area contributed by atoms with Crippen LogP contribution >= 0.6 is 0 Å². The van der Waals surface area contributed by atoms with Gasteiger partial charge in [-0.2, -0.15) is 0 Å². The number of pyridine rings is 1. The molecule has 4 nitrogen and oxygen atoms in total. The minimum Gasteiger partial charge on any atom is -0.358 e. The molecular formula is C8H10N4. The molecule has 2 heterocycles. The number of hydrogen-bond donors (Lipinski definition) is 2. The molecule has 1 aromatic heterocycles. The van der Waals surface area contributed by atoms with E-state index in [-0.39, 0.29) is 6.29 Å². The summed E-state index contributed by atoms with van der Waals surface area (Å²) < 4.78 is 0. The Hall–Kier alpha value is -1.55. The summed E-state index contributed by atoms with van der Waals surface area (Å²) in [5.74, 6) is 0. The summed E-state index contributed by atoms with van der Waals surface area (Å²) in [6.45, 7) is 0. The van der Waals surface area contributed by atoms with E-state index in [1.165, 1.54) is 0 Å². The quantitative estimate of drug-likeness (QED) is 0.619. The van der Waals surface area contributed by atoms with Gasteiger partial charge in [-0.3, -0.25) is 10.7 Å². The van der Waals surface area contributed by atoms with Crippen molar-refractivity contribution in [2.75, 3.05) is 4.90 Å². The maximum atomic E-state index is 5.74. The van der Waals surface area contributed by atoms with Crippen LogP contribution in [0.25, 0.3) is 0 Å². The molecule has 1 aliphatic heterocycles. The zero-order valence-corrected chi connectivity index (χ0v) is 6.51. The van der Waals surface area contributed by atoms with E-state index in [9.17, 15) is 0 Å². The summed E-state index contributed by atoms with van der Waals surface area (Å²) >= 11 is 0. The number of nitrogens with one attached hydrogen (secondary N) is 1. The lowest BCUT2D eigenvalue weighted by Crippen LogP contribution is -2.43. The number of nitrogens with zero attached hydrogens (tertiary/aromatic N) is 2. The van der Waals surface area contributed by atoms with Crippen molar-refractivity contribution in [1.29, 1.82) is 0 Å². The molecule has 0 aromatic carbocycles. The van der Waals surface area contributed by atoms with Gasteiger partial charge in [0, 0.05) is 30.5 Å². The Balaban J connectivity index is 2.25. The highest BCUT2D eigenvalue weighted by Crippen LogP contribution is 2.15. The van der Waals surface area contributed by atoms with Gasteiger partial charge >= 0.3 is 0 Å². The molecular weight excluding hydrogens is 152 g/mol. The average Bonchev–Trinajstić information content (AvgIpc) is 2.53. The summed E-state index contributed by atoms with van der Waals surface area (Å²) in [5.41, 5.74) is 6.78. The van der Waals surface area contributed by atoms with Crippen LogP contribution < -0.4 is 16.0 Å². The second-order valence-corrected chi connectivity index (χ2v) is 2.54. The summed E-state index contributed by atoms with van der Waals surface area (Å²) in [7, 11) is 0. The fourth-order valence-corrected chi connectivity index (χ4v) is 1.16. The van der Waals surface area contributed by atoms with E-state index < -0.39 is 0 Å². The Morgan fingerprint density at radius 1 is 1.42 bits per heavy atom. The van der Waals surface area contributed by atoms with Gasteiger partial charge in [0.15, 0.2) is 6.29 Å². The van der Waals surface area contributed by atoms with Gasteiger partial charge in [0.1, 0.15) is 0 Å². The molecule has 0 fully saturated rings. The fraction of sp³-hybridized carbons (Fsp3) is 0.125. The standard InChI is InChI=1S/C8H10N4/c9-8-11-5-6-12(8)7-1-3-10-4-2-7/h1-6,8,11H,9H2. The van der Waals surface area contributed by atoms with E-state index in [2.05, 4.69) is 10.3 Å². The van der Waals surface area contributed by atoms with E-state index in [0.29, 0.717) is 0 Å². The first kappa shape index (κ1) is 7.12. The van der Waals surface area contributed by atoms with E-state index in [1.807, 2.05) is 29.4 Å². The van der Waals surface area contributed by atoms with Gasteiger partial charge in [0.25, 0.3) is 0 Å². The maximum Gasteiger partial charge on any atom is 0.156 e. The van der Waals surface area contributed by atoms with Crippen LogP contribution in [0.5, 0.6) is 0 Å². The molecule has 0 aliphatic carbocycles. The smallest absolute Gasteiger partial charge is 0.156 e. The number of aromatic nitrogens is 1. The van der Waals surface area contributed by atoms with Crippen molar-refractivity contribution in [2.24, 2.45) is 5.73 Å². The van der Waals surface area contributed by atoms with Gasteiger partial charge in [-0.15, -0.1) is 0 Å². The zero-order valence-electron chi connectivity index (χ0n) is 6.51. The lowest BCUT2D eigenvalue weighted by atomic mass is 10.4. The molecule has 1 unspecified atom stereocenters. The molecule has 0 saturated heterocycles. The Morgan fingerprint density at radius 3 is 2.75 bits per heavy atom. The van der Waals surface area contributed by atoms with Crippen molar-refractivity contribution in [2.45, 2.75) is 6.29 Å². The molecule has 1 aromatic rings. The highest BCUT2D eigenvalue weighted by molar-refractivity contribution is 5.49. The third-order valence-electron chi connectivity index (χ3n) is 1.76. The Morgan fingerprint density at radius 2 is 2.17 bits per heavy atom. The minimum absolute atomic E-state index is 0.160. The van der Waals surface area contributed by atoms with Gasteiger partial charge in [-0.25, -0.2) is 0 Å². The highest BCUT2D eigenvalue weighted by Gasteiger charge is 2.14. The van der Waals surface area contributed by atoms with Crippen molar-refractivity contribution in [3.63, 3.8) is 0 Å². The average molecular weight is 162 g/mol. The molecule has 1 aliphatic rings. The highest BCUT2D eigenvalue weighted by atomic mass is 15.4. The lowest BCUT2D eigenvalue weighted by Gasteiger charge is -2.21. The van der Waals surface area contributed by atoms with E-state index in [1.54, 1.807) is 12.4 Å². The molecule has 0 bridgehead atoms. The lowest BCUT2D eigenvalue weighted by molar-refractivity contribution is 0.652. The second kappa shape index (κ2) is 2.83. The summed E-state index contributed by atoms with van der Waals surface area (Å²) in [6.07, 6.45) is 7.06. The molecule has 0 saturated carbocycles. The van der Waals surface area contributed by atoms with E-state index in [4.69, 9.17) is 5.73 Å². The number of nitrogens with two attached hydrogens (primary N) is 1. The van der Waals surface area contributed by atoms with Crippen LogP contribution in [0.3, 0.4) is 0 Å². The number of anilines is 1. The molecule has 0 spiro atoms. The SMILES string of the molecule is NC1NC=CN1c1ccncc1. The molecule has 0 amide bonds. The Bertz CT molecular complexity index is 282. The first-order valence-electron chi connectivity index (χ1n) is 3.74. The van der Waals surface area contributed by atoms with Crippen LogP contribution in [0.1, 0.15) is 0 Å². The normalized spacial score (nSPS) is 21.1. The third-order valence-corrected chi connectivity index (χ3v) is 1.76. The first-order valence-corrected chi connectivity index (χ1v) is 3.74. The molecule has 2 rings (SSSR count). The monoisotopic (exact) mass is 162 g/mol. The predicted octanol–water partition coefficient (Wildman–Crippen LogP) is 0.205. The molecule has 0 radical (unpaired) electrons. The Kier molecular flexibility index (Phi) is 1.68. The molecule has 1 atom stereocenters. The third kappa shape index (κ3) is 1.12. The number of hydrogen-bond acceptors (Lipinski definition) is 4. The first-order chi connectivity index (χ1) is 5.88. The topological polar surface area (TPSA) is 54.2 Å². The van der Waals surface area contributed by atoms with E-state index in [0.717, 1.165) is 5.69 Å². The van der Waals surface area contributed by atoms with Crippen LogP contribution in [0.15, 0.2) is 36.9 Å². The van der Waals surface area contributed by atoms with E-state index >= 15 is 0 Å². The van der Waals surface area contributed by atoms with Gasteiger partial charge in [0.05, 0.1) is 0 Å². The van der Waals surface area contributed by atoms with Crippen molar-refractivity contribution < 1.29 is 0 Å². The molecule has 12 heavy (non-hydrogen) atoms. The fourth-order valence-electron chi connectivity index (χ4n) is 1.16. The molecule has 3 N–H and O–H groups in total. The van der Waals surface area contributed by atoms with Crippen molar-refractivity contribution in [3.05, 3.63) is 36.9 Å². The van der Waals surface area contributed by atoms with Crippen LogP contribution in [0, 0.1) is 0 Å². The van der Waals surface area contributed by atoms with Crippen LogP contribution in [0.2, 0.25) is 0 Å². The van der Waals surface area contributed by atoms with Crippen molar-refractivity contribution in [1.82, 2.24) is 10.3 Å². The van der Waals surface area contributed by atoms with Crippen molar-refractivity contribution >= 4 is 5.69 Å². The maximum absolute atomic E-state index is 5.74. The molecule has 4 heteroatoms. The van der Waals surface area contributed by atoms with Crippen LogP contribution in [-0.4, -0.2) is 11.3 Å². The van der Waals surface area contributed by atoms with Gasteiger partial charge in [-0.1, -0.05) is 0 Å². The zero-order chi connectivity index (χ0) is 8.39. The van der Waals surface area contributed by atoms with Crippen LogP contribution in [-0.2, 0) is 0 Å². The summed E-state index contributed by atoms with van der Waals surface area (Å²) in [6, 6.07) is 3.83. The number of rotatable bonds is 1. The summed E-state index contributed by atoms with van der Waals surface area (Å²) in [5, 5.41) is 2.97. The van der Waals surface area contributed by atoms with Gasteiger partial charge in [-0.05, 0) is 12.1 Å². The summed E-state index contributed by atoms with van der Waals surface area (Å²) in [4.78, 5) is 5.86. The van der Waals surface area contributed by atoms with Gasteiger partial charge in [0.2, 0.25) is 0 Å².